The molecule has 91 valence electrons. The molecule has 18 heavy (non-hydrogen) atoms. The number of benzene rings is 2. The third-order valence-corrected chi connectivity index (χ3v) is 2.95. The lowest BCUT2D eigenvalue weighted by atomic mass is 9.96. The number of nitrogens with two attached hydrogens (primary N) is 1. The van der Waals surface area contributed by atoms with Crippen LogP contribution in [0.1, 0.15) is 16.7 Å². The van der Waals surface area contributed by atoms with Crippen molar-refractivity contribution in [2.24, 2.45) is 5.73 Å². The van der Waals surface area contributed by atoms with Crippen LogP contribution in [0.2, 0.25) is 0 Å². The van der Waals surface area contributed by atoms with Crippen LogP contribution in [0.5, 0.6) is 0 Å². The predicted molar refractivity (Wildman–Crippen MR) is 73.1 cm³/mol. The second kappa shape index (κ2) is 6.12. The molecule has 0 aliphatic heterocycles. The molecule has 2 rings (SSSR count). The molecule has 0 spiro atoms. The van der Waals surface area contributed by atoms with E-state index in [-0.39, 0.29) is 0 Å². The third kappa shape index (κ3) is 3.28. The first-order chi connectivity index (χ1) is 8.79. The van der Waals surface area contributed by atoms with Gasteiger partial charge in [-0.05, 0) is 29.5 Å². The molecule has 0 aliphatic rings. The summed E-state index contributed by atoms with van der Waals surface area (Å²) in [6, 6.07) is 17.8. The Morgan fingerprint density at radius 3 is 2.22 bits per heavy atom. The van der Waals surface area contributed by atoms with Crippen LogP contribution in [0, 0.1) is 0 Å². The summed E-state index contributed by atoms with van der Waals surface area (Å²) in [6.45, 7) is 0. The minimum absolute atomic E-state index is 0.540. The van der Waals surface area contributed by atoms with Crippen LogP contribution in [0.3, 0.4) is 0 Å². The molecule has 0 unspecified atom stereocenters. The van der Waals surface area contributed by atoms with Gasteiger partial charge in [0.1, 0.15) is 0 Å². The van der Waals surface area contributed by atoms with Crippen LogP contribution >= 0.6 is 0 Å². The van der Waals surface area contributed by atoms with Gasteiger partial charge in [-0.3, -0.25) is 4.79 Å². The van der Waals surface area contributed by atoms with Gasteiger partial charge >= 0.3 is 0 Å². The minimum atomic E-state index is -0.540. The van der Waals surface area contributed by atoms with Crippen LogP contribution in [-0.4, -0.2) is 12.3 Å². The highest BCUT2D eigenvalue weighted by Gasteiger charge is 2.07. The van der Waals surface area contributed by atoms with Crippen molar-refractivity contribution in [3.8, 4) is 0 Å². The standard InChI is InChI=1S/C16H16NO/c17-16(12-18)11-15-9-5-4-8-14(15)10-13-6-2-1-3-7-13/h1-9,16H,10-11,17H2/t16-/m0/s1. The molecule has 0 aliphatic carbocycles. The quantitative estimate of drug-likeness (QED) is 0.868. The Kier molecular flexibility index (Phi) is 4.26. The van der Waals surface area contributed by atoms with E-state index in [2.05, 4.69) is 18.2 Å². The van der Waals surface area contributed by atoms with E-state index in [0.29, 0.717) is 6.42 Å². The van der Waals surface area contributed by atoms with Gasteiger partial charge < -0.3 is 5.73 Å². The summed E-state index contributed by atoms with van der Waals surface area (Å²) in [5.74, 6) is 0. The summed E-state index contributed by atoms with van der Waals surface area (Å²) >= 11 is 0. The third-order valence-electron chi connectivity index (χ3n) is 2.95. The van der Waals surface area contributed by atoms with E-state index >= 15 is 0 Å². The van der Waals surface area contributed by atoms with Gasteiger partial charge in [0.2, 0.25) is 6.29 Å². The van der Waals surface area contributed by atoms with Gasteiger partial charge in [0, 0.05) is 0 Å². The number of hydrogen-bond acceptors (Lipinski definition) is 2. The van der Waals surface area contributed by atoms with E-state index in [4.69, 9.17) is 5.73 Å². The summed E-state index contributed by atoms with van der Waals surface area (Å²) in [5, 5.41) is 0. The van der Waals surface area contributed by atoms with Gasteiger partial charge in [-0.1, -0.05) is 54.6 Å². The molecule has 2 N–H and O–H groups in total. The van der Waals surface area contributed by atoms with Gasteiger partial charge in [0.15, 0.2) is 0 Å². The SMILES string of the molecule is N[C@H]([C]=O)Cc1ccccc1Cc1ccccc1. The summed E-state index contributed by atoms with van der Waals surface area (Å²) in [6.07, 6.45) is 3.24. The number of rotatable bonds is 5. The van der Waals surface area contributed by atoms with Gasteiger partial charge in [-0.15, -0.1) is 0 Å². The zero-order valence-corrected chi connectivity index (χ0v) is 10.2. The molecule has 0 fully saturated rings. The maximum atomic E-state index is 10.5. The minimum Gasteiger partial charge on any atom is -0.321 e. The topological polar surface area (TPSA) is 43.1 Å². The molecular formula is C16H16NO. The first-order valence-electron chi connectivity index (χ1n) is 6.03. The van der Waals surface area contributed by atoms with Crippen molar-refractivity contribution in [3.05, 3.63) is 71.3 Å². The van der Waals surface area contributed by atoms with Crippen molar-refractivity contribution in [1.82, 2.24) is 0 Å². The number of hydrogen-bond donors (Lipinski definition) is 1. The van der Waals surface area contributed by atoms with Crippen molar-refractivity contribution in [2.75, 3.05) is 0 Å². The van der Waals surface area contributed by atoms with Crippen LogP contribution in [0.15, 0.2) is 54.6 Å². The Hall–Kier alpha value is -1.93. The smallest absolute Gasteiger partial charge is 0.217 e. The second-order valence-electron chi connectivity index (χ2n) is 4.36. The lowest BCUT2D eigenvalue weighted by Gasteiger charge is -2.10. The van der Waals surface area contributed by atoms with Crippen LogP contribution < -0.4 is 5.73 Å². The maximum Gasteiger partial charge on any atom is 0.217 e. The Morgan fingerprint density at radius 2 is 1.56 bits per heavy atom. The average molecular weight is 238 g/mol. The van der Waals surface area contributed by atoms with Crippen molar-refractivity contribution in [2.45, 2.75) is 18.9 Å². The summed E-state index contributed by atoms with van der Waals surface area (Å²) in [4.78, 5) is 10.5. The second-order valence-corrected chi connectivity index (χ2v) is 4.36. The maximum absolute atomic E-state index is 10.5. The normalized spacial score (nSPS) is 12.1. The van der Waals surface area contributed by atoms with Gasteiger partial charge in [0.05, 0.1) is 6.04 Å². The summed E-state index contributed by atoms with van der Waals surface area (Å²) in [5.41, 5.74) is 9.24. The lowest BCUT2D eigenvalue weighted by molar-refractivity contribution is 0.540. The average Bonchev–Trinajstić information content (AvgIpc) is 2.42. The highest BCUT2D eigenvalue weighted by Crippen LogP contribution is 2.15. The van der Waals surface area contributed by atoms with Crippen LogP contribution in [0.25, 0.3) is 0 Å². The van der Waals surface area contributed by atoms with Crippen LogP contribution in [0.4, 0.5) is 0 Å². The molecule has 1 radical (unpaired) electrons. The number of carbonyl (C=O) groups excluding carboxylic acids is 1. The monoisotopic (exact) mass is 238 g/mol. The summed E-state index contributed by atoms with van der Waals surface area (Å²) < 4.78 is 0. The highest BCUT2D eigenvalue weighted by atomic mass is 16.1. The Bertz CT molecular complexity index is 508. The van der Waals surface area contributed by atoms with Crippen LogP contribution in [-0.2, 0) is 17.6 Å². The molecule has 1 atom stereocenters. The van der Waals surface area contributed by atoms with E-state index < -0.39 is 6.04 Å². The van der Waals surface area contributed by atoms with Crippen molar-refractivity contribution in [1.29, 1.82) is 0 Å². The fraction of sp³-hybridized carbons (Fsp3) is 0.188. The van der Waals surface area contributed by atoms with Gasteiger partial charge in [-0.2, -0.15) is 0 Å². The van der Waals surface area contributed by atoms with Crippen molar-refractivity contribution < 1.29 is 4.79 Å². The largest absolute Gasteiger partial charge is 0.321 e. The first-order valence-corrected chi connectivity index (χ1v) is 6.03. The van der Waals surface area contributed by atoms with E-state index in [1.165, 1.54) is 11.1 Å². The molecule has 0 bridgehead atoms. The molecule has 2 aromatic rings. The molecule has 0 aromatic heterocycles. The molecule has 2 nitrogen and oxygen atoms in total. The fourth-order valence-electron chi connectivity index (χ4n) is 2.02. The molecule has 0 saturated carbocycles. The molecule has 2 aromatic carbocycles. The predicted octanol–water partition coefficient (Wildman–Crippen LogP) is 2.26. The molecule has 0 amide bonds. The van der Waals surface area contributed by atoms with E-state index in [0.717, 1.165) is 12.0 Å². The Labute approximate surface area is 107 Å². The fourth-order valence-corrected chi connectivity index (χ4v) is 2.02. The summed E-state index contributed by atoms with van der Waals surface area (Å²) in [7, 11) is 0. The van der Waals surface area contributed by atoms with E-state index in [1.54, 1.807) is 0 Å². The Balaban J connectivity index is 2.20. The molecular weight excluding hydrogens is 222 g/mol. The lowest BCUT2D eigenvalue weighted by Crippen LogP contribution is -2.24. The Morgan fingerprint density at radius 1 is 0.944 bits per heavy atom. The molecule has 0 heterocycles. The first kappa shape index (κ1) is 12.5. The van der Waals surface area contributed by atoms with Crippen molar-refractivity contribution >= 4 is 6.29 Å². The zero-order valence-electron chi connectivity index (χ0n) is 10.2. The molecule has 2 heteroatoms. The van der Waals surface area contributed by atoms with Gasteiger partial charge in [-0.25, -0.2) is 0 Å². The van der Waals surface area contributed by atoms with E-state index in [9.17, 15) is 4.79 Å². The van der Waals surface area contributed by atoms with E-state index in [1.807, 2.05) is 42.7 Å². The zero-order chi connectivity index (χ0) is 12.8. The molecule has 0 saturated heterocycles. The van der Waals surface area contributed by atoms with Gasteiger partial charge in [0.25, 0.3) is 0 Å². The highest BCUT2D eigenvalue weighted by molar-refractivity contribution is 5.59. The van der Waals surface area contributed by atoms with Crippen molar-refractivity contribution in [3.63, 3.8) is 0 Å².